The summed E-state index contributed by atoms with van der Waals surface area (Å²) in [6, 6.07) is 0. The van der Waals surface area contributed by atoms with Gasteiger partial charge in [-0.05, 0) is 25.2 Å². The number of nitrogens with one attached hydrogen (secondary N) is 1. The molecule has 0 fully saturated rings. The Labute approximate surface area is 117 Å². The number of carbonyl (C=O) groups is 2. The van der Waals surface area contributed by atoms with Crippen molar-refractivity contribution in [2.24, 2.45) is 17.8 Å². The van der Waals surface area contributed by atoms with Crippen molar-refractivity contribution in [2.45, 2.75) is 66.3 Å². The Morgan fingerprint density at radius 1 is 1.21 bits per heavy atom. The minimum atomic E-state index is -0.881. The van der Waals surface area contributed by atoms with Crippen molar-refractivity contribution in [1.29, 1.82) is 0 Å². The number of amides is 1. The molecule has 0 bridgehead atoms. The number of carboxylic acids is 1. The first-order valence-electron chi connectivity index (χ1n) is 7.17. The summed E-state index contributed by atoms with van der Waals surface area (Å²) in [7, 11) is 0. The Balaban J connectivity index is 4.93. The molecular formula is C15H29NO3. The molecule has 0 aliphatic rings. The van der Waals surface area contributed by atoms with Gasteiger partial charge in [-0.25, -0.2) is 0 Å². The van der Waals surface area contributed by atoms with Crippen LogP contribution in [0.1, 0.15) is 60.8 Å². The largest absolute Gasteiger partial charge is 0.481 e. The highest BCUT2D eigenvalue weighted by atomic mass is 16.4. The summed E-state index contributed by atoms with van der Waals surface area (Å²) in [4.78, 5) is 23.4. The Morgan fingerprint density at radius 2 is 1.74 bits per heavy atom. The monoisotopic (exact) mass is 271 g/mol. The molecule has 0 aromatic heterocycles. The van der Waals surface area contributed by atoms with Gasteiger partial charge in [0.15, 0.2) is 0 Å². The van der Waals surface area contributed by atoms with Gasteiger partial charge in [-0.3, -0.25) is 9.59 Å². The van der Waals surface area contributed by atoms with Crippen molar-refractivity contribution in [3.8, 4) is 0 Å². The second kappa shape index (κ2) is 7.51. The van der Waals surface area contributed by atoms with E-state index >= 15 is 0 Å². The lowest BCUT2D eigenvalue weighted by atomic mass is 9.83. The minimum Gasteiger partial charge on any atom is -0.481 e. The molecule has 2 N–H and O–H groups in total. The zero-order valence-electron chi connectivity index (χ0n) is 13.1. The molecule has 0 rings (SSSR count). The number of rotatable bonds is 8. The highest BCUT2D eigenvalue weighted by Crippen LogP contribution is 2.24. The fourth-order valence-corrected chi connectivity index (χ4v) is 2.16. The summed E-state index contributed by atoms with van der Waals surface area (Å²) in [6.45, 7) is 11.8. The zero-order valence-corrected chi connectivity index (χ0v) is 13.1. The van der Waals surface area contributed by atoms with Gasteiger partial charge in [-0.1, -0.05) is 41.0 Å². The van der Waals surface area contributed by atoms with Gasteiger partial charge in [0.2, 0.25) is 5.91 Å². The third kappa shape index (κ3) is 5.62. The Kier molecular flexibility index (Phi) is 7.09. The highest BCUT2D eigenvalue weighted by molar-refractivity contribution is 5.80. The van der Waals surface area contributed by atoms with E-state index in [2.05, 4.69) is 12.2 Å². The van der Waals surface area contributed by atoms with Gasteiger partial charge >= 0.3 is 5.97 Å². The molecule has 0 saturated heterocycles. The smallest absolute Gasteiger partial charge is 0.305 e. The number of aliphatic carboxylic acids is 1. The highest BCUT2D eigenvalue weighted by Gasteiger charge is 2.35. The lowest BCUT2D eigenvalue weighted by Gasteiger charge is -2.35. The third-order valence-corrected chi connectivity index (χ3v) is 3.94. The van der Waals surface area contributed by atoms with E-state index < -0.39 is 11.5 Å². The van der Waals surface area contributed by atoms with Crippen LogP contribution in [-0.2, 0) is 9.59 Å². The van der Waals surface area contributed by atoms with E-state index in [0.717, 1.165) is 12.8 Å². The van der Waals surface area contributed by atoms with Crippen LogP contribution in [0.2, 0.25) is 0 Å². The summed E-state index contributed by atoms with van der Waals surface area (Å²) >= 11 is 0. The van der Waals surface area contributed by atoms with Gasteiger partial charge in [0.25, 0.3) is 0 Å². The second-order valence-corrected chi connectivity index (χ2v) is 6.27. The molecule has 2 atom stereocenters. The lowest BCUT2D eigenvalue weighted by Crippen LogP contribution is -2.53. The normalized spacial score (nSPS) is 16.2. The van der Waals surface area contributed by atoms with Crippen LogP contribution in [-0.4, -0.2) is 22.5 Å². The summed E-state index contributed by atoms with van der Waals surface area (Å²) < 4.78 is 0. The van der Waals surface area contributed by atoms with Gasteiger partial charge < -0.3 is 10.4 Å². The average Bonchev–Trinajstić information content (AvgIpc) is 2.23. The van der Waals surface area contributed by atoms with Gasteiger partial charge in [0.1, 0.15) is 0 Å². The van der Waals surface area contributed by atoms with E-state index in [1.807, 2.05) is 34.6 Å². The van der Waals surface area contributed by atoms with Crippen LogP contribution in [0.5, 0.6) is 0 Å². The lowest BCUT2D eigenvalue weighted by molar-refractivity contribution is -0.140. The molecule has 4 heteroatoms. The number of carbonyl (C=O) groups excluding carboxylic acids is 1. The van der Waals surface area contributed by atoms with E-state index in [0.29, 0.717) is 0 Å². The van der Waals surface area contributed by atoms with Crippen LogP contribution in [0, 0.1) is 17.8 Å². The van der Waals surface area contributed by atoms with Crippen molar-refractivity contribution in [2.75, 3.05) is 0 Å². The van der Waals surface area contributed by atoms with Gasteiger partial charge in [-0.15, -0.1) is 0 Å². The van der Waals surface area contributed by atoms with Crippen molar-refractivity contribution >= 4 is 11.9 Å². The molecule has 0 aromatic carbocycles. The Morgan fingerprint density at radius 3 is 2.05 bits per heavy atom. The van der Waals surface area contributed by atoms with E-state index in [-0.39, 0.29) is 30.1 Å². The van der Waals surface area contributed by atoms with Crippen molar-refractivity contribution in [3.63, 3.8) is 0 Å². The molecule has 2 unspecified atom stereocenters. The molecule has 0 spiro atoms. The Hall–Kier alpha value is -1.06. The number of carboxylic acid groups (broad SMARTS) is 1. The predicted molar refractivity (Wildman–Crippen MR) is 76.9 cm³/mol. The van der Waals surface area contributed by atoms with Crippen LogP contribution in [0.3, 0.4) is 0 Å². The van der Waals surface area contributed by atoms with Gasteiger partial charge in [0, 0.05) is 11.5 Å². The van der Waals surface area contributed by atoms with Gasteiger partial charge in [0.05, 0.1) is 6.42 Å². The minimum absolute atomic E-state index is 0.0192. The maximum Gasteiger partial charge on any atom is 0.305 e. The quantitative estimate of drug-likeness (QED) is 0.713. The fraction of sp³-hybridized carbons (Fsp3) is 0.867. The number of hydrogen-bond acceptors (Lipinski definition) is 2. The topological polar surface area (TPSA) is 66.4 Å². The second-order valence-electron chi connectivity index (χ2n) is 6.27. The summed E-state index contributed by atoms with van der Waals surface area (Å²) in [5.74, 6) is -0.609. The molecule has 112 valence electrons. The van der Waals surface area contributed by atoms with Crippen molar-refractivity contribution < 1.29 is 14.7 Å². The molecule has 0 radical (unpaired) electrons. The summed E-state index contributed by atoms with van der Waals surface area (Å²) in [5.41, 5.74) is -0.691. The molecule has 0 aromatic rings. The third-order valence-electron chi connectivity index (χ3n) is 3.94. The molecule has 0 aliphatic carbocycles. The van der Waals surface area contributed by atoms with E-state index in [1.165, 1.54) is 0 Å². The summed E-state index contributed by atoms with van der Waals surface area (Å²) in [5, 5.41) is 12.0. The van der Waals surface area contributed by atoms with Crippen LogP contribution in [0.15, 0.2) is 0 Å². The molecule has 1 amide bonds. The maximum atomic E-state index is 12.4. The maximum absolute atomic E-state index is 12.4. The molecule has 0 saturated carbocycles. The van der Waals surface area contributed by atoms with Crippen LogP contribution in [0.25, 0.3) is 0 Å². The van der Waals surface area contributed by atoms with Crippen molar-refractivity contribution in [1.82, 2.24) is 5.32 Å². The average molecular weight is 271 g/mol. The van der Waals surface area contributed by atoms with Crippen molar-refractivity contribution in [3.05, 3.63) is 0 Å². The van der Waals surface area contributed by atoms with E-state index in [4.69, 9.17) is 5.11 Å². The van der Waals surface area contributed by atoms with Gasteiger partial charge in [-0.2, -0.15) is 0 Å². The van der Waals surface area contributed by atoms with Crippen LogP contribution >= 0.6 is 0 Å². The SMILES string of the molecule is CCCC(C(=O)NC(C)(CC(=O)O)C(C)C)C(C)C. The van der Waals surface area contributed by atoms with E-state index in [1.54, 1.807) is 0 Å². The molecule has 0 aliphatic heterocycles. The first kappa shape index (κ1) is 17.9. The van der Waals surface area contributed by atoms with Crippen LogP contribution in [0.4, 0.5) is 0 Å². The number of hydrogen-bond donors (Lipinski definition) is 2. The first-order valence-corrected chi connectivity index (χ1v) is 7.17. The van der Waals surface area contributed by atoms with Crippen LogP contribution < -0.4 is 5.32 Å². The first-order chi connectivity index (χ1) is 8.64. The summed E-state index contributed by atoms with van der Waals surface area (Å²) in [6.07, 6.45) is 1.74. The Bertz CT molecular complexity index is 313. The molecule has 0 heterocycles. The standard InChI is InChI=1S/C15H29NO3/c1-7-8-12(10(2)3)14(19)16-15(6,11(4)5)9-13(17)18/h10-12H,7-9H2,1-6H3,(H,16,19)(H,17,18). The molecule has 4 nitrogen and oxygen atoms in total. The fourth-order valence-electron chi connectivity index (χ4n) is 2.16. The predicted octanol–water partition coefficient (Wildman–Crippen LogP) is 3.06. The molecular weight excluding hydrogens is 242 g/mol. The zero-order chi connectivity index (χ0) is 15.2. The van der Waals surface area contributed by atoms with E-state index in [9.17, 15) is 9.59 Å². The molecule has 19 heavy (non-hydrogen) atoms.